The molecule has 0 heterocycles. The minimum Gasteiger partial charge on any atom is -0.398 e. The average molecular weight is 306 g/mol. The van der Waals surface area contributed by atoms with Gasteiger partial charge in [0.15, 0.2) is 0 Å². The van der Waals surface area contributed by atoms with Crippen LogP contribution < -0.4 is 11.1 Å². The van der Waals surface area contributed by atoms with Crippen molar-refractivity contribution >= 4 is 33.2 Å². The van der Waals surface area contributed by atoms with Crippen molar-refractivity contribution in [3.05, 3.63) is 23.2 Å². The first-order valence-electron chi connectivity index (χ1n) is 5.58. The molecule has 19 heavy (non-hydrogen) atoms. The van der Waals surface area contributed by atoms with Crippen LogP contribution in [0.15, 0.2) is 23.1 Å². The molecule has 106 valence electrons. The van der Waals surface area contributed by atoms with Crippen LogP contribution >= 0.6 is 11.6 Å². The number of halogens is 1. The highest BCUT2D eigenvalue weighted by Crippen LogP contribution is 2.25. The van der Waals surface area contributed by atoms with Crippen LogP contribution in [0.3, 0.4) is 0 Å². The molecule has 0 fully saturated rings. The smallest absolute Gasteiger partial charge is 0.245 e. The van der Waals surface area contributed by atoms with Gasteiger partial charge in [-0.2, -0.15) is 4.31 Å². The van der Waals surface area contributed by atoms with Crippen LogP contribution in [-0.2, 0) is 14.8 Å². The highest BCUT2D eigenvalue weighted by Gasteiger charge is 2.27. The molecule has 0 radical (unpaired) electrons. The van der Waals surface area contributed by atoms with E-state index in [-0.39, 0.29) is 28.7 Å². The quantitative estimate of drug-likeness (QED) is 0.782. The largest absolute Gasteiger partial charge is 0.398 e. The molecule has 0 aromatic heterocycles. The van der Waals surface area contributed by atoms with Gasteiger partial charge in [0.25, 0.3) is 0 Å². The van der Waals surface area contributed by atoms with Crippen LogP contribution in [0.25, 0.3) is 0 Å². The molecule has 0 spiro atoms. The molecular weight excluding hydrogens is 290 g/mol. The summed E-state index contributed by atoms with van der Waals surface area (Å²) in [5, 5.41) is 2.64. The van der Waals surface area contributed by atoms with Gasteiger partial charge in [-0.3, -0.25) is 4.79 Å². The van der Waals surface area contributed by atoms with Crippen LogP contribution in [0.2, 0.25) is 5.02 Å². The molecule has 1 aromatic carbocycles. The minimum absolute atomic E-state index is 0.0919. The standard InChI is InChI=1S/C11H16ClN3O3S/c1-3-15(7-11(16)14-2)19(17,18)10-6-8(12)4-5-9(10)13/h4-6H,3,7,13H2,1-2H3,(H,14,16). The molecule has 0 unspecified atom stereocenters. The molecule has 1 rings (SSSR count). The Balaban J connectivity index is 3.20. The van der Waals surface area contributed by atoms with Crippen molar-refractivity contribution in [3.8, 4) is 0 Å². The van der Waals surface area contributed by atoms with E-state index in [4.69, 9.17) is 17.3 Å². The molecule has 8 heteroatoms. The van der Waals surface area contributed by atoms with Crippen LogP contribution in [0, 0.1) is 0 Å². The zero-order valence-electron chi connectivity index (χ0n) is 10.7. The summed E-state index contributed by atoms with van der Waals surface area (Å²) < 4.78 is 25.8. The fraction of sp³-hybridized carbons (Fsp3) is 0.364. The number of likely N-dealkylation sites (N-methyl/N-ethyl adjacent to an activating group) is 2. The monoisotopic (exact) mass is 305 g/mol. The number of carbonyl (C=O) groups excluding carboxylic acids is 1. The van der Waals surface area contributed by atoms with E-state index in [1.807, 2.05) is 0 Å². The Morgan fingerprint density at radius 3 is 2.63 bits per heavy atom. The van der Waals surface area contributed by atoms with Gasteiger partial charge in [0.05, 0.1) is 12.2 Å². The Labute approximate surface area is 117 Å². The lowest BCUT2D eigenvalue weighted by Gasteiger charge is -2.20. The summed E-state index contributed by atoms with van der Waals surface area (Å²) in [7, 11) is -2.41. The topological polar surface area (TPSA) is 92.5 Å². The third-order valence-corrected chi connectivity index (χ3v) is 4.76. The SMILES string of the molecule is CCN(CC(=O)NC)S(=O)(=O)c1cc(Cl)ccc1N. The molecule has 1 amide bonds. The summed E-state index contributed by atoms with van der Waals surface area (Å²) in [5.41, 5.74) is 5.76. The lowest BCUT2D eigenvalue weighted by Crippen LogP contribution is -2.39. The normalized spacial score (nSPS) is 11.6. The summed E-state index contributed by atoms with van der Waals surface area (Å²) in [6, 6.07) is 4.20. The number of nitrogen functional groups attached to an aromatic ring is 1. The van der Waals surface area contributed by atoms with Gasteiger partial charge in [0.1, 0.15) is 4.90 Å². The van der Waals surface area contributed by atoms with Gasteiger partial charge in [0.2, 0.25) is 15.9 Å². The second-order valence-electron chi connectivity index (χ2n) is 3.79. The van der Waals surface area contributed by atoms with Crippen molar-refractivity contribution in [2.24, 2.45) is 0 Å². The highest BCUT2D eigenvalue weighted by atomic mass is 35.5. The molecule has 0 aliphatic carbocycles. The number of nitrogens with one attached hydrogen (secondary N) is 1. The molecule has 0 aliphatic rings. The summed E-state index contributed by atoms with van der Waals surface area (Å²) in [4.78, 5) is 11.2. The lowest BCUT2D eigenvalue weighted by molar-refractivity contribution is -0.120. The number of nitrogens with zero attached hydrogens (tertiary/aromatic N) is 1. The third-order valence-electron chi connectivity index (χ3n) is 2.54. The van der Waals surface area contributed by atoms with Crippen molar-refractivity contribution in [2.75, 3.05) is 25.9 Å². The summed E-state index contributed by atoms with van der Waals surface area (Å²) in [6.07, 6.45) is 0. The van der Waals surface area contributed by atoms with Crippen molar-refractivity contribution in [2.45, 2.75) is 11.8 Å². The molecule has 0 atom stereocenters. The maximum absolute atomic E-state index is 12.4. The third kappa shape index (κ3) is 3.59. The minimum atomic E-state index is -3.85. The Bertz CT molecular complexity index is 575. The zero-order chi connectivity index (χ0) is 14.6. The first-order valence-corrected chi connectivity index (χ1v) is 7.40. The van der Waals surface area contributed by atoms with Gasteiger partial charge >= 0.3 is 0 Å². The van der Waals surface area contributed by atoms with Gasteiger partial charge in [-0.15, -0.1) is 0 Å². The van der Waals surface area contributed by atoms with Crippen molar-refractivity contribution < 1.29 is 13.2 Å². The predicted molar refractivity (Wildman–Crippen MR) is 74.4 cm³/mol. The molecular formula is C11H16ClN3O3S. The van der Waals surface area contributed by atoms with E-state index in [0.29, 0.717) is 0 Å². The number of rotatable bonds is 5. The van der Waals surface area contributed by atoms with Gasteiger partial charge in [-0.05, 0) is 18.2 Å². The van der Waals surface area contributed by atoms with Crippen LogP contribution in [-0.4, -0.2) is 38.8 Å². The highest BCUT2D eigenvalue weighted by molar-refractivity contribution is 7.89. The number of hydrogen-bond acceptors (Lipinski definition) is 4. The van der Waals surface area contributed by atoms with Gasteiger partial charge in [-0.25, -0.2) is 8.42 Å². The Morgan fingerprint density at radius 1 is 1.47 bits per heavy atom. The molecule has 6 nitrogen and oxygen atoms in total. The maximum atomic E-state index is 12.4. The first-order chi connectivity index (χ1) is 8.82. The number of anilines is 1. The molecule has 3 N–H and O–H groups in total. The van der Waals surface area contributed by atoms with E-state index < -0.39 is 15.9 Å². The van der Waals surface area contributed by atoms with E-state index in [1.54, 1.807) is 6.92 Å². The molecule has 0 saturated carbocycles. The van der Waals surface area contributed by atoms with E-state index in [0.717, 1.165) is 4.31 Å². The fourth-order valence-corrected chi connectivity index (χ4v) is 3.26. The Kier molecular flexibility index (Phi) is 5.16. The molecule has 1 aromatic rings. The Morgan fingerprint density at radius 2 is 2.11 bits per heavy atom. The maximum Gasteiger partial charge on any atom is 0.245 e. The van der Waals surface area contributed by atoms with Gasteiger partial charge in [0, 0.05) is 18.6 Å². The average Bonchev–Trinajstić information content (AvgIpc) is 2.37. The van der Waals surface area contributed by atoms with E-state index >= 15 is 0 Å². The summed E-state index contributed by atoms with van der Waals surface area (Å²) >= 11 is 5.79. The lowest BCUT2D eigenvalue weighted by atomic mass is 10.3. The van der Waals surface area contributed by atoms with Crippen LogP contribution in [0.1, 0.15) is 6.92 Å². The second-order valence-corrected chi connectivity index (χ2v) is 6.13. The molecule has 0 saturated heterocycles. The molecule has 0 bridgehead atoms. The van der Waals surface area contributed by atoms with E-state index in [2.05, 4.69) is 5.32 Å². The van der Waals surface area contributed by atoms with Crippen molar-refractivity contribution in [3.63, 3.8) is 0 Å². The summed E-state index contributed by atoms with van der Waals surface area (Å²) in [6.45, 7) is 1.53. The summed E-state index contributed by atoms with van der Waals surface area (Å²) in [5.74, 6) is -0.397. The fourth-order valence-electron chi connectivity index (χ4n) is 1.48. The predicted octanol–water partition coefficient (Wildman–Crippen LogP) is 0.679. The second kappa shape index (κ2) is 6.23. The van der Waals surface area contributed by atoms with Crippen LogP contribution in [0.4, 0.5) is 5.69 Å². The number of amides is 1. The van der Waals surface area contributed by atoms with Crippen LogP contribution in [0.5, 0.6) is 0 Å². The molecule has 0 aliphatic heterocycles. The number of nitrogens with two attached hydrogens (primary N) is 1. The Hall–Kier alpha value is -1.31. The van der Waals surface area contributed by atoms with Gasteiger partial charge < -0.3 is 11.1 Å². The first kappa shape index (κ1) is 15.7. The van der Waals surface area contributed by atoms with Crippen molar-refractivity contribution in [1.82, 2.24) is 9.62 Å². The van der Waals surface area contributed by atoms with E-state index in [9.17, 15) is 13.2 Å². The number of hydrogen-bond donors (Lipinski definition) is 2. The number of sulfonamides is 1. The number of carbonyl (C=O) groups is 1. The number of benzene rings is 1. The van der Waals surface area contributed by atoms with Crippen molar-refractivity contribution in [1.29, 1.82) is 0 Å². The van der Waals surface area contributed by atoms with E-state index in [1.165, 1.54) is 25.2 Å². The van der Waals surface area contributed by atoms with Gasteiger partial charge in [-0.1, -0.05) is 18.5 Å². The zero-order valence-corrected chi connectivity index (χ0v) is 12.3.